The third-order valence-corrected chi connectivity index (χ3v) is 7.65. The molecule has 4 aromatic rings. The molecule has 9 heteroatoms. The van der Waals surface area contributed by atoms with E-state index in [1.165, 1.54) is 6.07 Å². The van der Waals surface area contributed by atoms with Crippen LogP contribution in [-0.2, 0) is 4.79 Å². The van der Waals surface area contributed by atoms with E-state index < -0.39 is 5.92 Å². The minimum absolute atomic E-state index is 0.138. The molecule has 2 aliphatic heterocycles. The number of para-hydroxylation sites is 3. The van der Waals surface area contributed by atoms with Crippen LogP contribution in [0.2, 0.25) is 0 Å². The molecule has 1 atom stereocenters. The first-order valence-electron chi connectivity index (χ1n) is 13.6. The van der Waals surface area contributed by atoms with Gasteiger partial charge in [0.2, 0.25) is 5.91 Å². The van der Waals surface area contributed by atoms with E-state index in [1.807, 2.05) is 65.6 Å². The third kappa shape index (κ3) is 5.18. The first-order valence-corrected chi connectivity index (χ1v) is 13.6. The Bertz CT molecular complexity index is 1600. The summed E-state index contributed by atoms with van der Waals surface area (Å²) in [5.74, 6) is 0.0424. The molecular weight excluding hydrogens is 521 g/mol. The van der Waals surface area contributed by atoms with Gasteiger partial charge in [0.05, 0.1) is 30.0 Å². The Labute approximate surface area is 237 Å². The van der Waals surface area contributed by atoms with Crippen molar-refractivity contribution in [3.8, 4) is 17.0 Å². The summed E-state index contributed by atoms with van der Waals surface area (Å²) < 4.78 is 20.0. The van der Waals surface area contributed by atoms with Gasteiger partial charge >= 0.3 is 0 Å². The van der Waals surface area contributed by atoms with Crippen LogP contribution in [0.4, 0.5) is 21.6 Å². The molecule has 8 nitrogen and oxygen atoms in total. The van der Waals surface area contributed by atoms with E-state index in [0.717, 1.165) is 16.8 Å². The van der Waals surface area contributed by atoms with Gasteiger partial charge in [-0.15, -0.1) is 0 Å². The lowest BCUT2D eigenvalue weighted by molar-refractivity contribution is -0.116. The van der Waals surface area contributed by atoms with E-state index >= 15 is 0 Å². The Kier molecular flexibility index (Phi) is 7.24. The molecule has 0 radical (unpaired) electrons. The van der Waals surface area contributed by atoms with Crippen LogP contribution in [-0.4, -0.2) is 56.6 Å². The number of amides is 2. The second-order valence-corrected chi connectivity index (χ2v) is 10.0. The number of carbonyl (C=O) groups excluding carboxylic acids is 2. The van der Waals surface area contributed by atoms with Crippen LogP contribution in [0.3, 0.4) is 0 Å². The zero-order chi connectivity index (χ0) is 28.3. The van der Waals surface area contributed by atoms with E-state index in [-0.39, 0.29) is 24.2 Å². The maximum atomic E-state index is 14.4. The van der Waals surface area contributed by atoms with Crippen molar-refractivity contribution in [1.82, 2.24) is 10.3 Å². The summed E-state index contributed by atoms with van der Waals surface area (Å²) in [6.07, 6.45) is 0. The van der Waals surface area contributed by atoms with Crippen molar-refractivity contribution >= 4 is 29.0 Å². The maximum absolute atomic E-state index is 14.4. The number of rotatable bonds is 7. The molecule has 0 saturated carbocycles. The largest absolute Gasteiger partial charge is 0.496 e. The number of fused-ring (bicyclic) bond motifs is 1. The molecule has 2 N–H and O–H groups in total. The predicted molar refractivity (Wildman–Crippen MR) is 157 cm³/mol. The van der Waals surface area contributed by atoms with Gasteiger partial charge < -0.3 is 25.2 Å². The average Bonchev–Trinajstić information content (AvgIpc) is 3.34. The molecule has 1 unspecified atom stereocenters. The van der Waals surface area contributed by atoms with Gasteiger partial charge in [-0.2, -0.15) is 0 Å². The molecule has 1 saturated heterocycles. The summed E-state index contributed by atoms with van der Waals surface area (Å²) >= 11 is 0. The smallest absolute Gasteiger partial charge is 0.255 e. The fourth-order valence-corrected chi connectivity index (χ4v) is 5.51. The number of hydrogen-bond acceptors (Lipinski definition) is 6. The van der Waals surface area contributed by atoms with E-state index in [0.29, 0.717) is 54.7 Å². The van der Waals surface area contributed by atoms with E-state index in [1.54, 1.807) is 25.3 Å². The number of nitrogens with zero attached hydrogens (tertiary/aromatic N) is 3. The molecule has 0 aliphatic carbocycles. The molecule has 2 amide bonds. The van der Waals surface area contributed by atoms with Crippen molar-refractivity contribution in [2.24, 2.45) is 0 Å². The minimum atomic E-state index is -0.469. The molecule has 0 spiro atoms. The van der Waals surface area contributed by atoms with Gasteiger partial charge in [-0.3, -0.25) is 9.59 Å². The summed E-state index contributed by atoms with van der Waals surface area (Å²) in [6, 6.07) is 25.4. The molecule has 6 rings (SSSR count). The highest BCUT2D eigenvalue weighted by atomic mass is 19.1. The normalized spacial score (nSPS) is 16.2. The van der Waals surface area contributed by atoms with E-state index in [2.05, 4.69) is 15.5 Å². The lowest BCUT2D eigenvalue weighted by Crippen LogP contribution is -2.47. The zero-order valence-corrected chi connectivity index (χ0v) is 22.6. The van der Waals surface area contributed by atoms with Crippen molar-refractivity contribution in [3.05, 3.63) is 102 Å². The third-order valence-electron chi connectivity index (χ3n) is 7.65. The van der Waals surface area contributed by atoms with Gasteiger partial charge in [-0.05, 0) is 48.0 Å². The molecule has 1 aromatic heterocycles. The van der Waals surface area contributed by atoms with Crippen molar-refractivity contribution in [1.29, 1.82) is 0 Å². The number of halogens is 1. The van der Waals surface area contributed by atoms with Crippen LogP contribution in [0.1, 0.15) is 21.8 Å². The van der Waals surface area contributed by atoms with Crippen LogP contribution in [0.5, 0.6) is 5.75 Å². The Morgan fingerprint density at radius 1 is 0.951 bits per heavy atom. The number of aromatic nitrogens is 1. The number of piperazine rings is 1. The lowest BCUT2D eigenvalue weighted by Gasteiger charge is -2.37. The number of anilines is 3. The second-order valence-electron chi connectivity index (χ2n) is 10.0. The summed E-state index contributed by atoms with van der Waals surface area (Å²) in [5, 5.41) is 5.84. The molecule has 3 aromatic carbocycles. The minimum Gasteiger partial charge on any atom is -0.496 e. The van der Waals surface area contributed by atoms with Crippen molar-refractivity contribution in [3.63, 3.8) is 0 Å². The number of pyridine rings is 1. The van der Waals surface area contributed by atoms with Gasteiger partial charge in [-0.1, -0.05) is 42.5 Å². The summed E-state index contributed by atoms with van der Waals surface area (Å²) in [4.78, 5) is 35.2. The van der Waals surface area contributed by atoms with Crippen LogP contribution in [0.15, 0.2) is 84.9 Å². The number of benzene rings is 3. The molecular formula is C32H30FN5O3. The van der Waals surface area contributed by atoms with E-state index in [4.69, 9.17) is 9.72 Å². The first-order chi connectivity index (χ1) is 20.0. The number of hydrogen-bond donors (Lipinski definition) is 2. The van der Waals surface area contributed by atoms with Crippen LogP contribution in [0.25, 0.3) is 11.3 Å². The fraction of sp³-hybridized carbons (Fsp3) is 0.219. The topological polar surface area (TPSA) is 86.8 Å². The van der Waals surface area contributed by atoms with Gasteiger partial charge in [0.15, 0.2) is 0 Å². The van der Waals surface area contributed by atoms with Gasteiger partial charge in [-0.25, -0.2) is 9.37 Å². The monoisotopic (exact) mass is 551 g/mol. The van der Waals surface area contributed by atoms with Crippen molar-refractivity contribution in [2.45, 2.75) is 5.92 Å². The number of nitrogens with one attached hydrogen (secondary N) is 2. The number of ether oxygens (including phenoxy) is 1. The Hall–Kier alpha value is -4.92. The van der Waals surface area contributed by atoms with E-state index in [9.17, 15) is 14.0 Å². The lowest BCUT2D eigenvalue weighted by atomic mass is 10.0. The predicted octanol–water partition coefficient (Wildman–Crippen LogP) is 4.69. The second kappa shape index (κ2) is 11.3. The molecule has 3 heterocycles. The summed E-state index contributed by atoms with van der Waals surface area (Å²) in [6.45, 7) is 2.41. The Morgan fingerprint density at radius 2 is 1.66 bits per heavy atom. The van der Waals surface area contributed by atoms with Crippen LogP contribution in [0, 0.1) is 5.82 Å². The molecule has 2 aliphatic rings. The number of methoxy groups -OCH3 is 1. The summed E-state index contributed by atoms with van der Waals surface area (Å²) in [5.41, 5.74) is 4.10. The summed E-state index contributed by atoms with van der Waals surface area (Å²) in [7, 11) is 1.61. The van der Waals surface area contributed by atoms with Crippen LogP contribution < -0.4 is 25.2 Å². The van der Waals surface area contributed by atoms with Gasteiger partial charge in [0.1, 0.15) is 17.4 Å². The Balaban J connectivity index is 1.28. The number of carbonyl (C=O) groups is 2. The van der Waals surface area contributed by atoms with Gasteiger partial charge in [0, 0.05) is 44.0 Å². The zero-order valence-electron chi connectivity index (χ0n) is 22.6. The maximum Gasteiger partial charge on any atom is 0.255 e. The Morgan fingerprint density at radius 3 is 2.46 bits per heavy atom. The molecule has 208 valence electrons. The van der Waals surface area contributed by atoms with Crippen LogP contribution >= 0.6 is 0 Å². The molecule has 1 fully saturated rings. The quantitative estimate of drug-likeness (QED) is 0.347. The first kappa shape index (κ1) is 26.3. The van der Waals surface area contributed by atoms with Crippen molar-refractivity contribution in [2.75, 3.05) is 55.0 Å². The molecule has 0 bridgehead atoms. The molecule has 41 heavy (non-hydrogen) atoms. The fourth-order valence-electron chi connectivity index (χ4n) is 5.51. The highest BCUT2D eigenvalue weighted by molar-refractivity contribution is 6.04. The average molecular weight is 552 g/mol. The SMILES string of the molecule is COc1ccccc1-c1ccc(C(=O)NCC2C(=O)Nc3ccccc32)c(N2CCN(c3ccccc3F)CC2)n1. The highest BCUT2D eigenvalue weighted by Crippen LogP contribution is 2.33. The highest BCUT2D eigenvalue weighted by Gasteiger charge is 2.31. The van der Waals surface area contributed by atoms with Crippen molar-refractivity contribution < 1.29 is 18.7 Å². The van der Waals surface area contributed by atoms with Gasteiger partial charge in [0.25, 0.3) is 5.91 Å². The standard InChI is InChI=1S/C32H30FN5O3/c1-41-29-13-7-3-9-22(29)27-15-14-23(31(39)34-20-24-21-8-2-5-11-26(21)36-32(24)40)30(35-27)38-18-16-37(17-19-38)28-12-6-4-10-25(28)33/h2-15,24H,16-20H2,1H3,(H,34,39)(H,36,40).